The van der Waals surface area contributed by atoms with Gasteiger partial charge in [-0.05, 0) is 6.42 Å². The lowest BCUT2D eigenvalue weighted by atomic mass is 10.1. The summed E-state index contributed by atoms with van der Waals surface area (Å²) in [5, 5.41) is 27.9. The van der Waals surface area contributed by atoms with Crippen LogP contribution in [0.1, 0.15) is 25.0 Å². The summed E-state index contributed by atoms with van der Waals surface area (Å²) >= 11 is 0. The highest BCUT2D eigenvalue weighted by Crippen LogP contribution is 2.16. The van der Waals surface area contributed by atoms with Gasteiger partial charge in [-0.2, -0.15) is 5.10 Å². The van der Waals surface area contributed by atoms with Gasteiger partial charge in [-0.15, -0.1) is 0 Å². The Labute approximate surface area is 87.3 Å². The second-order valence-corrected chi connectivity index (χ2v) is 3.32. The topological polar surface area (TPSA) is 98.2 Å². The van der Waals surface area contributed by atoms with Gasteiger partial charge in [0.15, 0.2) is 0 Å². The number of aliphatic hydroxyl groups excluding tert-OH is 2. The van der Waals surface area contributed by atoms with Crippen molar-refractivity contribution in [3.05, 3.63) is 18.0 Å². The predicted molar refractivity (Wildman–Crippen MR) is 52.9 cm³/mol. The lowest BCUT2D eigenvalue weighted by Crippen LogP contribution is -2.27. The summed E-state index contributed by atoms with van der Waals surface area (Å²) in [6.07, 6.45) is 1.39. The third-order valence-electron chi connectivity index (χ3n) is 2.04. The third kappa shape index (κ3) is 3.69. The summed E-state index contributed by atoms with van der Waals surface area (Å²) in [5.41, 5.74) is 0.533. The standard InChI is InChI=1S/C9H15N3O3/c1-6(13)10-3-2-8(14)9(15)7-4-11-12-5-7/h4-5,8-9,14-15H,2-3H2,1H3,(H,10,13)(H,11,12). The van der Waals surface area contributed by atoms with Crippen molar-refractivity contribution in [2.45, 2.75) is 25.6 Å². The van der Waals surface area contributed by atoms with Gasteiger partial charge in [0.1, 0.15) is 6.10 Å². The molecule has 0 aromatic carbocycles. The van der Waals surface area contributed by atoms with Crippen LogP contribution in [0.4, 0.5) is 0 Å². The average molecular weight is 213 g/mol. The number of amides is 1. The number of nitrogens with one attached hydrogen (secondary N) is 2. The van der Waals surface area contributed by atoms with Gasteiger partial charge in [-0.1, -0.05) is 0 Å². The summed E-state index contributed by atoms with van der Waals surface area (Å²) in [4.78, 5) is 10.6. The molecule has 0 bridgehead atoms. The fraction of sp³-hybridized carbons (Fsp3) is 0.556. The first-order valence-corrected chi connectivity index (χ1v) is 4.70. The molecule has 15 heavy (non-hydrogen) atoms. The number of rotatable bonds is 5. The molecular formula is C9H15N3O3. The van der Waals surface area contributed by atoms with Crippen LogP contribution >= 0.6 is 0 Å². The molecule has 0 aliphatic carbocycles. The summed E-state index contributed by atoms with van der Waals surface area (Å²) in [5.74, 6) is -0.153. The van der Waals surface area contributed by atoms with Gasteiger partial charge in [0.2, 0.25) is 5.91 Å². The van der Waals surface area contributed by atoms with Crippen LogP contribution in [-0.2, 0) is 4.79 Å². The number of aromatic nitrogens is 2. The van der Waals surface area contributed by atoms with Crippen LogP contribution in [0.3, 0.4) is 0 Å². The van der Waals surface area contributed by atoms with Crippen LogP contribution in [0, 0.1) is 0 Å². The van der Waals surface area contributed by atoms with Crippen LogP contribution in [0.2, 0.25) is 0 Å². The van der Waals surface area contributed by atoms with Gasteiger partial charge in [0.25, 0.3) is 0 Å². The Hall–Kier alpha value is -1.40. The van der Waals surface area contributed by atoms with Gasteiger partial charge >= 0.3 is 0 Å². The van der Waals surface area contributed by atoms with Crippen LogP contribution in [0.15, 0.2) is 12.4 Å². The number of H-pyrrole nitrogens is 1. The number of hydrogen-bond acceptors (Lipinski definition) is 4. The van der Waals surface area contributed by atoms with E-state index in [1.165, 1.54) is 19.3 Å². The summed E-state index contributed by atoms with van der Waals surface area (Å²) in [6.45, 7) is 1.74. The Morgan fingerprint density at radius 1 is 1.67 bits per heavy atom. The van der Waals surface area contributed by atoms with Crippen LogP contribution in [-0.4, -0.2) is 39.0 Å². The summed E-state index contributed by atoms with van der Waals surface area (Å²) in [7, 11) is 0. The van der Waals surface area contributed by atoms with Crippen LogP contribution in [0.5, 0.6) is 0 Å². The molecule has 2 atom stereocenters. The van der Waals surface area contributed by atoms with E-state index in [-0.39, 0.29) is 5.91 Å². The van der Waals surface area contributed by atoms with Crippen molar-refractivity contribution < 1.29 is 15.0 Å². The minimum Gasteiger partial charge on any atom is -0.390 e. The first-order chi connectivity index (χ1) is 7.11. The maximum Gasteiger partial charge on any atom is 0.216 e. The first-order valence-electron chi connectivity index (χ1n) is 4.70. The molecule has 1 amide bonds. The molecule has 0 radical (unpaired) electrons. The molecule has 84 valence electrons. The number of hydrogen-bond donors (Lipinski definition) is 4. The molecule has 2 unspecified atom stereocenters. The zero-order valence-electron chi connectivity index (χ0n) is 8.47. The second-order valence-electron chi connectivity index (χ2n) is 3.32. The molecule has 4 N–H and O–H groups in total. The quantitative estimate of drug-likeness (QED) is 0.521. The van der Waals surface area contributed by atoms with Crippen molar-refractivity contribution >= 4 is 5.91 Å². The van der Waals surface area contributed by atoms with E-state index in [9.17, 15) is 15.0 Å². The Kier molecular flexibility index (Phi) is 4.26. The zero-order chi connectivity index (χ0) is 11.3. The van der Waals surface area contributed by atoms with E-state index >= 15 is 0 Å². The fourth-order valence-corrected chi connectivity index (χ4v) is 1.20. The smallest absolute Gasteiger partial charge is 0.216 e. The Morgan fingerprint density at radius 2 is 2.40 bits per heavy atom. The Bertz CT molecular complexity index is 300. The van der Waals surface area contributed by atoms with E-state index in [2.05, 4.69) is 15.5 Å². The van der Waals surface area contributed by atoms with Gasteiger partial charge in [0, 0.05) is 25.2 Å². The SMILES string of the molecule is CC(=O)NCCC(O)C(O)c1cn[nH]c1. The first kappa shape index (κ1) is 11.7. The molecule has 0 saturated carbocycles. The summed E-state index contributed by atoms with van der Waals surface area (Å²) < 4.78 is 0. The lowest BCUT2D eigenvalue weighted by molar-refractivity contribution is -0.119. The highest BCUT2D eigenvalue weighted by molar-refractivity contribution is 5.72. The largest absolute Gasteiger partial charge is 0.390 e. The Balaban J connectivity index is 2.33. The third-order valence-corrected chi connectivity index (χ3v) is 2.04. The van der Waals surface area contributed by atoms with E-state index in [0.717, 1.165) is 0 Å². The van der Waals surface area contributed by atoms with Crippen molar-refractivity contribution in [3.8, 4) is 0 Å². The maximum atomic E-state index is 10.6. The number of aromatic amines is 1. The van der Waals surface area contributed by atoms with Crippen molar-refractivity contribution in [1.29, 1.82) is 0 Å². The van der Waals surface area contributed by atoms with E-state index in [0.29, 0.717) is 18.5 Å². The molecule has 1 rings (SSSR count). The van der Waals surface area contributed by atoms with E-state index < -0.39 is 12.2 Å². The van der Waals surface area contributed by atoms with Crippen molar-refractivity contribution in [3.63, 3.8) is 0 Å². The molecule has 0 aliphatic heterocycles. The molecule has 0 aliphatic rings. The van der Waals surface area contributed by atoms with Gasteiger partial charge in [-0.25, -0.2) is 0 Å². The highest BCUT2D eigenvalue weighted by atomic mass is 16.3. The molecule has 0 fully saturated rings. The van der Waals surface area contributed by atoms with E-state index in [1.54, 1.807) is 0 Å². The van der Waals surface area contributed by atoms with E-state index in [1.807, 2.05) is 0 Å². The van der Waals surface area contributed by atoms with Crippen LogP contribution in [0.25, 0.3) is 0 Å². The predicted octanol–water partition coefficient (Wildman–Crippen LogP) is -0.670. The molecular weight excluding hydrogens is 198 g/mol. The molecule has 1 heterocycles. The second kappa shape index (κ2) is 5.47. The normalized spacial score (nSPS) is 14.6. The van der Waals surface area contributed by atoms with E-state index in [4.69, 9.17) is 0 Å². The van der Waals surface area contributed by atoms with Crippen molar-refractivity contribution in [1.82, 2.24) is 15.5 Å². The van der Waals surface area contributed by atoms with Crippen LogP contribution < -0.4 is 5.32 Å². The zero-order valence-corrected chi connectivity index (χ0v) is 8.47. The van der Waals surface area contributed by atoms with Crippen molar-refractivity contribution in [2.24, 2.45) is 0 Å². The monoisotopic (exact) mass is 213 g/mol. The van der Waals surface area contributed by atoms with Gasteiger partial charge in [-0.3, -0.25) is 9.89 Å². The number of carbonyl (C=O) groups excluding carboxylic acids is 1. The van der Waals surface area contributed by atoms with Gasteiger partial charge in [0.05, 0.1) is 12.3 Å². The highest BCUT2D eigenvalue weighted by Gasteiger charge is 2.18. The fourth-order valence-electron chi connectivity index (χ4n) is 1.20. The molecule has 1 aromatic heterocycles. The molecule has 6 nitrogen and oxygen atoms in total. The Morgan fingerprint density at radius 3 is 2.93 bits per heavy atom. The molecule has 0 spiro atoms. The molecule has 6 heteroatoms. The number of aliphatic hydroxyl groups is 2. The van der Waals surface area contributed by atoms with Gasteiger partial charge < -0.3 is 15.5 Å². The minimum absolute atomic E-state index is 0.153. The summed E-state index contributed by atoms with van der Waals surface area (Å²) in [6, 6.07) is 0. The average Bonchev–Trinajstić information content (AvgIpc) is 2.68. The lowest BCUT2D eigenvalue weighted by Gasteiger charge is -2.16. The molecule has 0 saturated heterocycles. The minimum atomic E-state index is -0.975. The van der Waals surface area contributed by atoms with Crippen molar-refractivity contribution in [2.75, 3.05) is 6.54 Å². The number of carbonyl (C=O) groups is 1. The number of nitrogens with zero attached hydrogens (tertiary/aromatic N) is 1. The maximum absolute atomic E-state index is 10.6. The molecule has 1 aromatic rings.